The van der Waals surface area contributed by atoms with Crippen molar-refractivity contribution in [3.05, 3.63) is 30.3 Å². The fourth-order valence-corrected chi connectivity index (χ4v) is 5.42. The Morgan fingerprint density at radius 3 is 2.69 bits per heavy atom. The third kappa shape index (κ3) is 1.72. The van der Waals surface area contributed by atoms with Gasteiger partial charge in [-0.05, 0) is 0 Å². The first-order chi connectivity index (χ1) is 7.75. The van der Waals surface area contributed by atoms with E-state index in [1.807, 2.05) is 18.2 Å². The van der Waals surface area contributed by atoms with Crippen molar-refractivity contribution < 1.29 is 9.53 Å². The van der Waals surface area contributed by atoms with Crippen LogP contribution in [-0.2, 0) is 9.53 Å². The number of rotatable bonds is 2. The Balaban J connectivity index is 1.76. The molecule has 1 aromatic carbocycles. The zero-order valence-corrected chi connectivity index (χ0v) is 11.0. The topological polar surface area (TPSA) is 26.3 Å². The quantitative estimate of drug-likeness (QED) is 0.605. The van der Waals surface area contributed by atoms with E-state index in [1.54, 1.807) is 0 Å². The average molecular weight is 302 g/mol. The summed E-state index contributed by atoms with van der Waals surface area (Å²) in [5, 5.41) is -0.119. The Bertz CT molecular complexity index is 407. The summed E-state index contributed by atoms with van der Waals surface area (Å²) in [6, 6.07) is 10.3. The molecule has 2 bridgehead atoms. The molecular formula is C12H11ClO2Se. The number of halogens is 1. The SMILES string of the molecule is O=C1C[C@@H]2O[C@H]1[C@H](Cl)[C@H]2[Se]c1ccccc1. The number of hydrogen-bond acceptors (Lipinski definition) is 2. The Morgan fingerprint density at radius 1 is 1.31 bits per heavy atom. The van der Waals surface area contributed by atoms with Gasteiger partial charge >= 0.3 is 105 Å². The minimum absolute atomic E-state index is 0.0696. The van der Waals surface area contributed by atoms with Gasteiger partial charge in [0.1, 0.15) is 0 Å². The molecule has 2 aliphatic rings. The molecule has 2 fully saturated rings. The van der Waals surface area contributed by atoms with Gasteiger partial charge < -0.3 is 0 Å². The number of fused-ring (bicyclic) bond motifs is 2. The summed E-state index contributed by atoms with van der Waals surface area (Å²) in [6.07, 6.45) is 0.301. The van der Waals surface area contributed by atoms with E-state index in [0.717, 1.165) is 0 Å². The predicted molar refractivity (Wildman–Crippen MR) is 63.5 cm³/mol. The number of Topliss-reactive ketones (excluding diaryl/α,β-unsaturated/α-hetero) is 1. The third-order valence-corrected chi connectivity index (χ3v) is 6.83. The summed E-state index contributed by atoms with van der Waals surface area (Å²) < 4.78 is 6.94. The molecule has 2 aliphatic heterocycles. The number of hydrogen-bond donors (Lipinski definition) is 0. The first-order valence-corrected chi connectivity index (χ1v) is 7.58. The van der Waals surface area contributed by atoms with E-state index in [4.69, 9.17) is 16.3 Å². The van der Waals surface area contributed by atoms with Gasteiger partial charge in [0.15, 0.2) is 0 Å². The first kappa shape index (κ1) is 10.8. The molecule has 2 nitrogen and oxygen atoms in total. The van der Waals surface area contributed by atoms with Crippen LogP contribution in [0.25, 0.3) is 0 Å². The minimum atomic E-state index is -0.331. The van der Waals surface area contributed by atoms with Gasteiger partial charge in [-0.25, -0.2) is 0 Å². The summed E-state index contributed by atoms with van der Waals surface area (Å²) in [4.78, 5) is 11.8. The van der Waals surface area contributed by atoms with Crippen molar-refractivity contribution in [2.75, 3.05) is 0 Å². The zero-order valence-electron chi connectivity index (χ0n) is 8.51. The van der Waals surface area contributed by atoms with E-state index in [-0.39, 0.29) is 23.4 Å². The molecule has 16 heavy (non-hydrogen) atoms. The van der Waals surface area contributed by atoms with Crippen molar-refractivity contribution in [3.8, 4) is 0 Å². The molecule has 0 saturated carbocycles. The van der Waals surface area contributed by atoms with Gasteiger partial charge in [-0.15, -0.1) is 0 Å². The number of ether oxygens (including phenoxy) is 1. The second-order valence-corrected chi connectivity index (χ2v) is 7.24. The van der Waals surface area contributed by atoms with Crippen LogP contribution in [0.3, 0.4) is 0 Å². The standard InChI is InChI=1S/C12H11ClO2Se/c13-10-11-8(14)6-9(15-11)12(10)16-7-4-2-1-3-5-7/h1-5,9-12H,6H2/t9-,10-,11+,12-/m0/s1. The number of benzene rings is 1. The van der Waals surface area contributed by atoms with Crippen LogP contribution < -0.4 is 4.46 Å². The summed E-state index contributed by atoms with van der Waals surface area (Å²) in [5.41, 5.74) is 0. The fourth-order valence-electron chi connectivity index (χ4n) is 2.25. The van der Waals surface area contributed by atoms with Crippen LogP contribution in [0.1, 0.15) is 6.42 Å². The molecule has 0 aliphatic carbocycles. The number of alkyl halides is 1. The van der Waals surface area contributed by atoms with Gasteiger partial charge in [-0.2, -0.15) is 0 Å². The molecule has 0 unspecified atom stereocenters. The number of carbonyl (C=O) groups excluding carboxylic acids is 1. The van der Waals surface area contributed by atoms with Gasteiger partial charge in [0.05, 0.1) is 0 Å². The van der Waals surface area contributed by atoms with E-state index in [9.17, 15) is 4.79 Å². The van der Waals surface area contributed by atoms with Crippen molar-refractivity contribution >= 4 is 36.8 Å². The van der Waals surface area contributed by atoms with Crippen LogP contribution in [-0.4, -0.2) is 38.3 Å². The van der Waals surface area contributed by atoms with Gasteiger partial charge in [0.2, 0.25) is 0 Å². The van der Waals surface area contributed by atoms with Crippen molar-refractivity contribution in [1.29, 1.82) is 0 Å². The maximum absolute atomic E-state index is 11.4. The van der Waals surface area contributed by atoms with Crippen LogP contribution in [0.4, 0.5) is 0 Å². The molecule has 3 rings (SSSR count). The van der Waals surface area contributed by atoms with Crippen LogP contribution in [0.2, 0.25) is 4.82 Å². The van der Waals surface area contributed by atoms with Crippen molar-refractivity contribution in [3.63, 3.8) is 0 Å². The Hall–Kier alpha value is -0.341. The van der Waals surface area contributed by atoms with E-state index < -0.39 is 0 Å². The molecule has 4 atom stereocenters. The van der Waals surface area contributed by atoms with Crippen LogP contribution in [0.5, 0.6) is 0 Å². The predicted octanol–water partition coefficient (Wildman–Crippen LogP) is 1.15. The molecule has 0 N–H and O–H groups in total. The molecule has 84 valence electrons. The second kappa shape index (κ2) is 4.15. The molecule has 0 spiro atoms. The van der Waals surface area contributed by atoms with E-state index in [0.29, 0.717) is 26.2 Å². The van der Waals surface area contributed by atoms with Crippen LogP contribution >= 0.6 is 11.6 Å². The van der Waals surface area contributed by atoms with E-state index in [2.05, 4.69) is 12.1 Å². The van der Waals surface area contributed by atoms with Crippen LogP contribution in [0.15, 0.2) is 30.3 Å². The third-order valence-electron chi connectivity index (χ3n) is 3.03. The van der Waals surface area contributed by atoms with Crippen molar-refractivity contribution in [2.45, 2.75) is 28.8 Å². The van der Waals surface area contributed by atoms with Gasteiger partial charge in [-0.1, -0.05) is 0 Å². The monoisotopic (exact) mass is 302 g/mol. The molecular weight excluding hydrogens is 291 g/mol. The Labute approximate surface area is 105 Å². The normalized spacial score (nSPS) is 36.9. The summed E-state index contributed by atoms with van der Waals surface area (Å²) in [5.74, 6) is 0.185. The Morgan fingerprint density at radius 2 is 2.06 bits per heavy atom. The fraction of sp³-hybridized carbons (Fsp3) is 0.417. The summed E-state index contributed by atoms with van der Waals surface area (Å²) >= 11 is 6.59. The van der Waals surface area contributed by atoms with Crippen molar-refractivity contribution in [2.24, 2.45) is 0 Å². The van der Waals surface area contributed by atoms with Crippen LogP contribution in [0, 0.1) is 0 Å². The zero-order chi connectivity index (χ0) is 11.1. The average Bonchev–Trinajstić information content (AvgIpc) is 2.80. The first-order valence-electron chi connectivity index (χ1n) is 5.29. The molecule has 0 radical (unpaired) electrons. The second-order valence-electron chi connectivity index (χ2n) is 4.11. The Kier molecular flexibility index (Phi) is 2.80. The van der Waals surface area contributed by atoms with E-state index in [1.165, 1.54) is 4.46 Å². The molecule has 4 heteroatoms. The molecule has 0 aromatic heterocycles. The van der Waals surface area contributed by atoms with Gasteiger partial charge in [-0.3, -0.25) is 0 Å². The summed E-state index contributed by atoms with van der Waals surface area (Å²) in [6.45, 7) is 0. The van der Waals surface area contributed by atoms with Crippen molar-refractivity contribution in [1.82, 2.24) is 0 Å². The molecule has 1 aromatic rings. The van der Waals surface area contributed by atoms with Gasteiger partial charge in [0, 0.05) is 0 Å². The summed E-state index contributed by atoms with van der Waals surface area (Å²) in [7, 11) is 0. The number of carbonyl (C=O) groups is 1. The van der Waals surface area contributed by atoms with Gasteiger partial charge in [0.25, 0.3) is 0 Å². The molecule has 0 amide bonds. The maximum atomic E-state index is 11.4. The number of ketones is 1. The van der Waals surface area contributed by atoms with E-state index >= 15 is 0 Å². The molecule has 2 saturated heterocycles. The molecule has 2 heterocycles.